The van der Waals surface area contributed by atoms with Gasteiger partial charge in [0.1, 0.15) is 11.8 Å². The van der Waals surface area contributed by atoms with Crippen molar-refractivity contribution in [3.8, 4) is 5.75 Å². The van der Waals surface area contributed by atoms with Gasteiger partial charge in [-0.15, -0.1) is 12.4 Å². The minimum absolute atomic E-state index is 0. The van der Waals surface area contributed by atoms with Crippen LogP contribution in [0.4, 0.5) is 0 Å². The number of amides is 4. The molecule has 0 aliphatic carbocycles. The molecule has 2 aliphatic rings. The molecule has 0 aromatic heterocycles. The summed E-state index contributed by atoms with van der Waals surface area (Å²) >= 11 is 0. The molecular weight excluding hydrogens is 446 g/mol. The summed E-state index contributed by atoms with van der Waals surface area (Å²) in [6.45, 7) is 1.33. The molecule has 0 bridgehead atoms. The summed E-state index contributed by atoms with van der Waals surface area (Å²) in [5.74, 6) is -1.48. The molecular formula is C24H34ClN3O5. The van der Waals surface area contributed by atoms with E-state index in [1.165, 1.54) is 38.5 Å². The van der Waals surface area contributed by atoms with Gasteiger partial charge >= 0.3 is 0 Å². The third kappa shape index (κ3) is 7.01. The average Bonchev–Trinajstić information content (AvgIpc) is 3.02. The molecule has 0 radical (unpaired) electrons. The Bertz CT molecular complexity index is 861. The maximum Gasteiger partial charge on any atom is 0.262 e. The Hall–Kier alpha value is -2.45. The molecule has 3 rings (SSSR count). The van der Waals surface area contributed by atoms with Crippen molar-refractivity contribution in [2.24, 2.45) is 5.73 Å². The molecule has 1 aromatic rings. The lowest BCUT2D eigenvalue weighted by Gasteiger charge is -2.27. The van der Waals surface area contributed by atoms with Gasteiger partial charge in [-0.1, -0.05) is 44.9 Å². The molecule has 0 saturated carbocycles. The topological polar surface area (TPSA) is 119 Å². The number of carbonyl (C=O) groups is 4. The summed E-state index contributed by atoms with van der Waals surface area (Å²) in [5.41, 5.74) is 6.00. The second kappa shape index (κ2) is 13.3. The number of unbranched alkanes of at least 4 members (excludes halogenated alkanes) is 8. The lowest BCUT2D eigenvalue weighted by molar-refractivity contribution is -0.136. The predicted molar refractivity (Wildman–Crippen MR) is 126 cm³/mol. The number of carbonyl (C=O) groups excluding carboxylic acids is 4. The molecule has 33 heavy (non-hydrogen) atoms. The van der Waals surface area contributed by atoms with Gasteiger partial charge in [-0.2, -0.15) is 0 Å². The molecule has 0 spiro atoms. The lowest BCUT2D eigenvalue weighted by atomic mass is 10.0. The summed E-state index contributed by atoms with van der Waals surface area (Å²) in [4.78, 5) is 50.0. The van der Waals surface area contributed by atoms with E-state index in [9.17, 15) is 19.2 Å². The maximum absolute atomic E-state index is 12.8. The number of halogens is 1. The monoisotopic (exact) mass is 479 g/mol. The van der Waals surface area contributed by atoms with Gasteiger partial charge in [-0.05, 0) is 44.0 Å². The molecule has 4 amide bonds. The van der Waals surface area contributed by atoms with Gasteiger partial charge in [0.2, 0.25) is 11.8 Å². The van der Waals surface area contributed by atoms with E-state index in [4.69, 9.17) is 10.5 Å². The van der Waals surface area contributed by atoms with Crippen LogP contribution in [0.25, 0.3) is 0 Å². The van der Waals surface area contributed by atoms with Crippen LogP contribution in [0.3, 0.4) is 0 Å². The SMILES string of the molecule is Cl.NCCCCCCCCCCCOc1ccc2c(c1)C(=O)N(C1CCC(=O)NC1=O)C2=O. The van der Waals surface area contributed by atoms with Crippen molar-refractivity contribution in [3.63, 3.8) is 0 Å². The Kier molecular flexibility index (Phi) is 10.8. The van der Waals surface area contributed by atoms with Crippen LogP contribution < -0.4 is 15.8 Å². The first-order chi connectivity index (χ1) is 15.5. The Morgan fingerprint density at radius 3 is 2.12 bits per heavy atom. The Balaban J connectivity index is 0.00000385. The smallest absolute Gasteiger partial charge is 0.262 e. The number of hydrogen-bond acceptors (Lipinski definition) is 6. The largest absolute Gasteiger partial charge is 0.494 e. The number of nitrogens with one attached hydrogen (secondary N) is 1. The zero-order valence-corrected chi connectivity index (χ0v) is 19.8. The van der Waals surface area contributed by atoms with Crippen LogP contribution in [0.2, 0.25) is 0 Å². The van der Waals surface area contributed by atoms with Gasteiger partial charge in [0.15, 0.2) is 0 Å². The highest BCUT2D eigenvalue weighted by Crippen LogP contribution is 2.30. The van der Waals surface area contributed by atoms with Gasteiger partial charge in [0, 0.05) is 6.42 Å². The summed E-state index contributed by atoms with van der Waals surface area (Å²) < 4.78 is 5.78. The number of piperidine rings is 1. The molecule has 1 unspecified atom stereocenters. The molecule has 1 fully saturated rings. The first kappa shape index (κ1) is 26.8. The summed E-state index contributed by atoms with van der Waals surface area (Å²) in [5, 5.41) is 2.20. The fourth-order valence-corrected chi connectivity index (χ4v) is 4.21. The molecule has 3 N–H and O–H groups in total. The van der Waals surface area contributed by atoms with E-state index in [1.807, 2.05) is 0 Å². The van der Waals surface area contributed by atoms with Crippen molar-refractivity contribution >= 4 is 36.0 Å². The van der Waals surface area contributed by atoms with Crippen LogP contribution in [-0.2, 0) is 9.59 Å². The highest BCUT2D eigenvalue weighted by atomic mass is 35.5. The van der Waals surface area contributed by atoms with E-state index in [1.54, 1.807) is 18.2 Å². The first-order valence-electron chi connectivity index (χ1n) is 11.7. The van der Waals surface area contributed by atoms with Crippen molar-refractivity contribution in [2.75, 3.05) is 13.2 Å². The predicted octanol–water partition coefficient (Wildman–Crippen LogP) is 3.36. The van der Waals surface area contributed by atoms with Gasteiger partial charge in [0.05, 0.1) is 17.7 Å². The Labute approximate surface area is 201 Å². The second-order valence-electron chi connectivity index (χ2n) is 8.47. The minimum Gasteiger partial charge on any atom is -0.494 e. The fraction of sp³-hybridized carbons (Fsp3) is 0.583. The van der Waals surface area contributed by atoms with Gasteiger partial charge in [-0.3, -0.25) is 29.4 Å². The summed E-state index contributed by atoms with van der Waals surface area (Å²) in [7, 11) is 0. The van der Waals surface area contributed by atoms with E-state index in [0.29, 0.717) is 12.4 Å². The maximum atomic E-state index is 12.8. The van der Waals surface area contributed by atoms with Crippen molar-refractivity contribution in [1.29, 1.82) is 0 Å². The van der Waals surface area contributed by atoms with Crippen molar-refractivity contribution in [3.05, 3.63) is 29.3 Å². The first-order valence-corrected chi connectivity index (χ1v) is 11.7. The molecule has 1 aromatic carbocycles. The highest BCUT2D eigenvalue weighted by Gasteiger charge is 2.44. The number of nitrogens with zero attached hydrogens (tertiary/aromatic N) is 1. The Morgan fingerprint density at radius 1 is 0.879 bits per heavy atom. The van der Waals surface area contributed by atoms with E-state index < -0.39 is 23.8 Å². The molecule has 2 heterocycles. The standard InChI is InChI=1S/C24H33N3O5.ClH/c25-14-8-6-4-2-1-3-5-7-9-15-32-17-10-11-18-19(16-17)24(31)27(23(18)30)20-12-13-21(28)26-22(20)29;/h10-11,16,20H,1-9,12-15,25H2,(H,26,28,29);1H. The second-order valence-corrected chi connectivity index (χ2v) is 8.47. The van der Waals surface area contributed by atoms with Crippen molar-refractivity contribution < 1.29 is 23.9 Å². The van der Waals surface area contributed by atoms with Crippen molar-refractivity contribution in [2.45, 2.75) is 76.7 Å². The van der Waals surface area contributed by atoms with E-state index >= 15 is 0 Å². The third-order valence-electron chi connectivity index (χ3n) is 6.03. The zero-order chi connectivity index (χ0) is 22.9. The van der Waals surface area contributed by atoms with Crippen LogP contribution in [0.15, 0.2) is 18.2 Å². The van der Waals surface area contributed by atoms with E-state index in [2.05, 4.69) is 5.32 Å². The molecule has 8 nitrogen and oxygen atoms in total. The average molecular weight is 480 g/mol. The summed E-state index contributed by atoms with van der Waals surface area (Å²) in [6.07, 6.45) is 10.8. The van der Waals surface area contributed by atoms with E-state index in [-0.39, 0.29) is 42.3 Å². The van der Waals surface area contributed by atoms with Gasteiger partial charge in [-0.25, -0.2) is 0 Å². The Morgan fingerprint density at radius 2 is 1.48 bits per heavy atom. The molecule has 182 valence electrons. The number of rotatable bonds is 13. The zero-order valence-electron chi connectivity index (χ0n) is 19.0. The number of fused-ring (bicyclic) bond motifs is 1. The normalized spacial score (nSPS) is 17.6. The fourth-order valence-electron chi connectivity index (χ4n) is 4.21. The number of ether oxygens (including phenoxy) is 1. The molecule has 1 atom stereocenters. The highest BCUT2D eigenvalue weighted by molar-refractivity contribution is 6.23. The van der Waals surface area contributed by atoms with E-state index in [0.717, 1.165) is 30.7 Å². The number of nitrogens with two attached hydrogens (primary N) is 1. The van der Waals surface area contributed by atoms with Crippen LogP contribution in [0.5, 0.6) is 5.75 Å². The van der Waals surface area contributed by atoms with Gasteiger partial charge < -0.3 is 10.5 Å². The van der Waals surface area contributed by atoms with Crippen LogP contribution in [-0.4, -0.2) is 47.7 Å². The van der Waals surface area contributed by atoms with Crippen LogP contribution >= 0.6 is 12.4 Å². The van der Waals surface area contributed by atoms with Crippen LogP contribution in [0.1, 0.15) is 91.3 Å². The van der Waals surface area contributed by atoms with Crippen molar-refractivity contribution in [1.82, 2.24) is 10.2 Å². The minimum atomic E-state index is -0.954. The van der Waals surface area contributed by atoms with Crippen LogP contribution in [0, 0.1) is 0 Å². The number of imide groups is 2. The summed E-state index contributed by atoms with van der Waals surface area (Å²) in [6, 6.07) is 3.87. The molecule has 1 saturated heterocycles. The molecule has 9 heteroatoms. The molecule has 2 aliphatic heterocycles. The third-order valence-corrected chi connectivity index (χ3v) is 6.03. The number of benzene rings is 1. The lowest BCUT2D eigenvalue weighted by Crippen LogP contribution is -2.54. The quantitative estimate of drug-likeness (QED) is 0.331. The van der Waals surface area contributed by atoms with Gasteiger partial charge in [0.25, 0.3) is 11.8 Å². The number of hydrogen-bond donors (Lipinski definition) is 2.